The van der Waals surface area contributed by atoms with Crippen molar-refractivity contribution in [2.24, 2.45) is 5.73 Å². The van der Waals surface area contributed by atoms with Gasteiger partial charge in [-0.15, -0.1) is 0 Å². The zero-order valence-corrected chi connectivity index (χ0v) is 9.02. The van der Waals surface area contributed by atoms with Gasteiger partial charge >= 0.3 is 0 Å². The number of nitrogens with zero attached hydrogens (tertiary/aromatic N) is 2. The lowest BCUT2D eigenvalue weighted by molar-refractivity contribution is 0.773. The zero-order valence-electron chi connectivity index (χ0n) is 8.20. The van der Waals surface area contributed by atoms with Crippen molar-refractivity contribution in [3.63, 3.8) is 0 Å². The Morgan fingerprint density at radius 3 is 3.00 bits per heavy atom. The Morgan fingerprint density at radius 1 is 1.43 bits per heavy atom. The third kappa shape index (κ3) is 2.65. The number of hydrogen-bond acceptors (Lipinski definition) is 5. The minimum Gasteiger partial charge on any atom is -0.360 e. The lowest BCUT2D eigenvalue weighted by Crippen LogP contribution is -2.05. The first-order valence-corrected chi connectivity index (χ1v) is 5.95. The molecule has 14 heavy (non-hydrogen) atoms. The normalized spacial score (nSPS) is 15.8. The van der Waals surface area contributed by atoms with Crippen molar-refractivity contribution in [2.75, 3.05) is 18.4 Å². The molecule has 1 saturated carbocycles. The molecule has 1 aliphatic rings. The molecule has 5 heteroatoms. The summed E-state index contributed by atoms with van der Waals surface area (Å²) in [6.45, 7) is 1.72. The molecule has 0 aromatic carbocycles. The number of unbranched alkanes of at least 4 members (excludes halogenated alkanes) is 1. The standard InChI is InChI=1S/C9H16N4S/c10-5-1-2-6-11-9-12-8(13-14-9)7-3-4-7/h7H,1-6,10H2,(H,11,12,13). The van der Waals surface area contributed by atoms with Crippen molar-refractivity contribution >= 4 is 16.7 Å². The monoisotopic (exact) mass is 212 g/mol. The van der Waals surface area contributed by atoms with Crippen LogP contribution in [0.1, 0.15) is 37.4 Å². The van der Waals surface area contributed by atoms with Gasteiger partial charge in [0.2, 0.25) is 5.13 Å². The fourth-order valence-electron chi connectivity index (χ4n) is 1.28. The van der Waals surface area contributed by atoms with Crippen molar-refractivity contribution in [3.8, 4) is 0 Å². The molecule has 0 amide bonds. The number of aromatic nitrogens is 2. The molecule has 3 N–H and O–H groups in total. The fourth-order valence-corrected chi connectivity index (χ4v) is 1.95. The Bertz CT molecular complexity index is 282. The van der Waals surface area contributed by atoms with Crippen LogP contribution in [0.15, 0.2) is 0 Å². The van der Waals surface area contributed by atoms with E-state index in [0.717, 1.165) is 36.9 Å². The zero-order chi connectivity index (χ0) is 9.80. The maximum Gasteiger partial charge on any atom is 0.202 e. The van der Waals surface area contributed by atoms with Crippen molar-refractivity contribution in [1.82, 2.24) is 9.36 Å². The lowest BCUT2D eigenvalue weighted by atomic mass is 10.3. The molecule has 1 aromatic heterocycles. The Labute approximate surface area is 88.1 Å². The molecule has 0 atom stereocenters. The van der Waals surface area contributed by atoms with Crippen LogP contribution < -0.4 is 11.1 Å². The van der Waals surface area contributed by atoms with Crippen LogP contribution >= 0.6 is 11.5 Å². The smallest absolute Gasteiger partial charge is 0.202 e. The van der Waals surface area contributed by atoms with Gasteiger partial charge in [-0.3, -0.25) is 0 Å². The van der Waals surface area contributed by atoms with E-state index in [9.17, 15) is 0 Å². The second kappa shape index (κ2) is 4.70. The van der Waals surface area contributed by atoms with E-state index < -0.39 is 0 Å². The van der Waals surface area contributed by atoms with Crippen LogP contribution in [0.3, 0.4) is 0 Å². The van der Waals surface area contributed by atoms with E-state index in [1.165, 1.54) is 24.4 Å². The molecule has 0 aliphatic heterocycles. The van der Waals surface area contributed by atoms with Crippen LogP contribution in [0.25, 0.3) is 0 Å². The minimum atomic E-state index is 0.658. The van der Waals surface area contributed by atoms with Crippen LogP contribution in [0, 0.1) is 0 Å². The molecular weight excluding hydrogens is 196 g/mol. The highest BCUT2D eigenvalue weighted by Crippen LogP contribution is 2.39. The molecule has 0 saturated heterocycles. The predicted molar refractivity (Wildman–Crippen MR) is 58.7 cm³/mol. The number of nitrogens with two attached hydrogens (primary N) is 1. The van der Waals surface area contributed by atoms with Gasteiger partial charge in [-0.25, -0.2) is 4.98 Å². The Morgan fingerprint density at radius 2 is 2.29 bits per heavy atom. The quantitative estimate of drug-likeness (QED) is 0.702. The summed E-state index contributed by atoms with van der Waals surface area (Å²) in [4.78, 5) is 4.43. The van der Waals surface area contributed by atoms with Crippen LogP contribution in [0.2, 0.25) is 0 Å². The summed E-state index contributed by atoms with van der Waals surface area (Å²) in [5, 5.41) is 4.23. The van der Waals surface area contributed by atoms with E-state index in [1.54, 1.807) is 0 Å². The van der Waals surface area contributed by atoms with Gasteiger partial charge in [0.1, 0.15) is 5.82 Å². The maximum absolute atomic E-state index is 5.41. The van der Waals surface area contributed by atoms with Crippen LogP contribution in [-0.2, 0) is 0 Å². The first kappa shape index (κ1) is 9.86. The van der Waals surface area contributed by atoms with Crippen LogP contribution in [0.4, 0.5) is 5.13 Å². The van der Waals surface area contributed by atoms with Crippen LogP contribution in [-0.4, -0.2) is 22.4 Å². The van der Waals surface area contributed by atoms with Gasteiger partial charge in [-0.05, 0) is 32.2 Å². The second-order valence-electron chi connectivity index (χ2n) is 3.65. The van der Waals surface area contributed by atoms with Crippen LogP contribution in [0.5, 0.6) is 0 Å². The largest absolute Gasteiger partial charge is 0.360 e. The van der Waals surface area contributed by atoms with Gasteiger partial charge in [0.05, 0.1) is 0 Å². The summed E-state index contributed by atoms with van der Waals surface area (Å²) in [7, 11) is 0. The van der Waals surface area contributed by atoms with Gasteiger partial charge in [0, 0.05) is 24.0 Å². The topological polar surface area (TPSA) is 63.8 Å². The number of hydrogen-bond donors (Lipinski definition) is 2. The maximum atomic E-state index is 5.41. The summed E-state index contributed by atoms with van der Waals surface area (Å²) < 4.78 is 4.32. The van der Waals surface area contributed by atoms with Gasteiger partial charge < -0.3 is 11.1 Å². The molecule has 0 bridgehead atoms. The molecule has 0 radical (unpaired) electrons. The second-order valence-corrected chi connectivity index (χ2v) is 4.41. The average molecular weight is 212 g/mol. The number of anilines is 1. The van der Waals surface area contributed by atoms with E-state index in [4.69, 9.17) is 5.73 Å². The first-order chi connectivity index (χ1) is 6.90. The van der Waals surface area contributed by atoms with Gasteiger partial charge in [0.15, 0.2) is 0 Å². The van der Waals surface area contributed by atoms with Crippen molar-refractivity contribution in [2.45, 2.75) is 31.6 Å². The molecule has 0 spiro atoms. The third-order valence-corrected chi connectivity index (χ3v) is 2.98. The molecule has 4 nitrogen and oxygen atoms in total. The first-order valence-electron chi connectivity index (χ1n) is 5.17. The highest BCUT2D eigenvalue weighted by Gasteiger charge is 2.27. The molecule has 1 aromatic rings. The SMILES string of the molecule is NCCCCNc1nc(C2CC2)ns1. The van der Waals surface area contributed by atoms with E-state index in [2.05, 4.69) is 14.7 Å². The Kier molecular flexibility index (Phi) is 3.31. The molecule has 78 valence electrons. The Balaban J connectivity index is 1.72. The van der Waals surface area contributed by atoms with E-state index >= 15 is 0 Å². The third-order valence-electron chi connectivity index (χ3n) is 2.29. The molecule has 1 heterocycles. The molecule has 0 unspecified atom stereocenters. The average Bonchev–Trinajstić information content (AvgIpc) is 2.94. The Hall–Kier alpha value is -0.680. The molecule has 2 rings (SSSR count). The van der Waals surface area contributed by atoms with Crippen molar-refractivity contribution < 1.29 is 0 Å². The van der Waals surface area contributed by atoms with E-state index in [0.29, 0.717) is 5.92 Å². The number of nitrogens with one attached hydrogen (secondary N) is 1. The summed E-state index contributed by atoms with van der Waals surface area (Å²) in [6.07, 6.45) is 4.71. The molecule has 1 aliphatic carbocycles. The number of rotatable bonds is 6. The molecule has 1 fully saturated rings. The summed E-state index contributed by atoms with van der Waals surface area (Å²) >= 11 is 1.47. The summed E-state index contributed by atoms with van der Waals surface area (Å²) in [6, 6.07) is 0. The molecular formula is C9H16N4S. The summed E-state index contributed by atoms with van der Waals surface area (Å²) in [5.74, 6) is 1.70. The predicted octanol–water partition coefficient (Wildman–Crippen LogP) is 1.57. The van der Waals surface area contributed by atoms with Gasteiger partial charge in [-0.2, -0.15) is 4.37 Å². The van der Waals surface area contributed by atoms with E-state index in [1.807, 2.05) is 0 Å². The van der Waals surface area contributed by atoms with Gasteiger partial charge in [0.25, 0.3) is 0 Å². The lowest BCUT2D eigenvalue weighted by Gasteiger charge is -1.99. The van der Waals surface area contributed by atoms with Gasteiger partial charge in [-0.1, -0.05) is 0 Å². The van der Waals surface area contributed by atoms with Crippen molar-refractivity contribution in [1.29, 1.82) is 0 Å². The highest BCUT2D eigenvalue weighted by atomic mass is 32.1. The van der Waals surface area contributed by atoms with Crippen molar-refractivity contribution in [3.05, 3.63) is 5.82 Å². The highest BCUT2D eigenvalue weighted by molar-refractivity contribution is 7.09. The van der Waals surface area contributed by atoms with E-state index in [-0.39, 0.29) is 0 Å². The summed E-state index contributed by atoms with van der Waals surface area (Å²) in [5.41, 5.74) is 5.41. The fraction of sp³-hybridized carbons (Fsp3) is 0.778. The minimum absolute atomic E-state index is 0.658.